The third kappa shape index (κ3) is 3.32. The second-order valence-electron chi connectivity index (χ2n) is 4.64. The van der Waals surface area contributed by atoms with Crippen molar-refractivity contribution in [2.24, 2.45) is 0 Å². The molecule has 0 aliphatic heterocycles. The number of carbonyl (C=O) groups excluding carboxylic acids is 1. The number of nitro groups is 1. The number of rotatable bonds is 4. The summed E-state index contributed by atoms with van der Waals surface area (Å²) in [5.41, 5.74) is 0.885. The van der Waals surface area contributed by atoms with Gasteiger partial charge in [0.2, 0.25) is 0 Å². The zero-order valence-electron chi connectivity index (χ0n) is 11.6. The molecule has 0 atom stereocenters. The quantitative estimate of drug-likeness (QED) is 0.510. The molecule has 2 aromatic carbocycles. The van der Waals surface area contributed by atoms with Crippen molar-refractivity contribution in [3.05, 3.63) is 63.2 Å². The molecular weight excluding hydrogens is 290 g/mol. The molecule has 7 heteroatoms. The predicted molar refractivity (Wildman–Crippen MR) is 76.7 cm³/mol. The Balaban J connectivity index is 2.08. The van der Waals surface area contributed by atoms with Crippen molar-refractivity contribution in [1.29, 1.82) is 0 Å². The van der Waals surface area contributed by atoms with Gasteiger partial charge in [0.05, 0.1) is 10.5 Å². The molecule has 2 aromatic rings. The van der Waals surface area contributed by atoms with Crippen LogP contribution in [0.5, 0.6) is 11.5 Å². The van der Waals surface area contributed by atoms with Crippen LogP contribution in [0.1, 0.15) is 21.5 Å². The fraction of sp³-hybridized carbons (Fsp3) is 0.133. The number of aromatic hydroxyl groups is 2. The monoisotopic (exact) mass is 303 g/mol. The minimum absolute atomic E-state index is 0.0520. The van der Waals surface area contributed by atoms with Gasteiger partial charge in [0.25, 0.3) is 5.69 Å². The first-order valence-corrected chi connectivity index (χ1v) is 6.31. The number of hydrogen-bond acceptors (Lipinski definition) is 6. The van der Waals surface area contributed by atoms with Crippen molar-refractivity contribution in [2.75, 3.05) is 0 Å². The lowest BCUT2D eigenvalue weighted by Gasteiger charge is -2.09. The molecule has 0 heterocycles. The second kappa shape index (κ2) is 6.13. The van der Waals surface area contributed by atoms with E-state index in [9.17, 15) is 25.1 Å². The number of carbonyl (C=O) groups is 1. The Bertz CT molecular complexity index is 724. The lowest BCUT2D eigenvalue weighted by molar-refractivity contribution is -0.384. The summed E-state index contributed by atoms with van der Waals surface area (Å²) in [7, 11) is 0. The van der Waals surface area contributed by atoms with Crippen LogP contribution >= 0.6 is 0 Å². The van der Waals surface area contributed by atoms with Crippen LogP contribution in [-0.4, -0.2) is 21.1 Å². The highest BCUT2D eigenvalue weighted by Crippen LogP contribution is 2.27. The van der Waals surface area contributed by atoms with Crippen LogP contribution in [0.15, 0.2) is 36.4 Å². The van der Waals surface area contributed by atoms with Crippen LogP contribution in [0.3, 0.4) is 0 Å². The summed E-state index contributed by atoms with van der Waals surface area (Å²) in [6, 6.07) is 7.93. The molecule has 0 fully saturated rings. The molecule has 0 bridgehead atoms. The molecule has 0 spiro atoms. The molecule has 0 amide bonds. The van der Waals surface area contributed by atoms with Gasteiger partial charge in [-0.1, -0.05) is 0 Å². The van der Waals surface area contributed by atoms with E-state index in [4.69, 9.17) is 4.74 Å². The normalized spacial score (nSPS) is 10.2. The maximum atomic E-state index is 12.0. The van der Waals surface area contributed by atoms with E-state index in [2.05, 4.69) is 0 Å². The number of nitro benzene ring substituents is 1. The summed E-state index contributed by atoms with van der Waals surface area (Å²) in [6.07, 6.45) is 0. The molecule has 114 valence electrons. The highest BCUT2D eigenvalue weighted by Gasteiger charge is 2.15. The number of hydrogen-bond donors (Lipinski definition) is 2. The van der Waals surface area contributed by atoms with Gasteiger partial charge in [-0.2, -0.15) is 0 Å². The SMILES string of the molecule is Cc1c(O)cc(O)cc1C(=O)OCc1ccc([N+](=O)[O-])cc1. The van der Waals surface area contributed by atoms with Gasteiger partial charge in [0.15, 0.2) is 0 Å². The average molecular weight is 303 g/mol. The Labute approximate surface area is 125 Å². The highest BCUT2D eigenvalue weighted by molar-refractivity contribution is 5.92. The Hall–Kier alpha value is -3.09. The maximum absolute atomic E-state index is 12.0. The van der Waals surface area contributed by atoms with Gasteiger partial charge in [0.1, 0.15) is 18.1 Å². The van der Waals surface area contributed by atoms with E-state index in [-0.39, 0.29) is 29.4 Å². The first-order valence-electron chi connectivity index (χ1n) is 6.31. The van der Waals surface area contributed by atoms with Gasteiger partial charge in [-0.3, -0.25) is 10.1 Å². The summed E-state index contributed by atoms with van der Waals surface area (Å²) in [5.74, 6) is -1.16. The number of benzene rings is 2. The molecule has 0 aliphatic rings. The number of ether oxygens (including phenoxy) is 1. The summed E-state index contributed by atoms with van der Waals surface area (Å²) >= 11 is 0. The molecular formula is C15H13NO6. The van der Waals surface area contributed by atoms with Crippen LogP contribution in [0.25, 0.3) is 0 Å². The topological polar surface area (TPSA) is 110 Å². The molecule has 0 radical (unpaired) electrons. The minimum atomic E-state index is -0.706. The Morgan fingerprint density at radius 2 is 1.86 bits per heavy atom. The Morgan fingerprint density at radius 1 is 1.23 bits per heavy atom. The van der Waals surface area contributed by atoms with Crippen LogP contribution < -0.4 is 0 Å². The van der Waals surface area contributed by atoms with Crippen molar-refractivity contribution in [3.63, 3.8) is 0 Å². The predicted octanol–water partition coefficient (Wildman–Crippen LogP) is 2.67. The number of esters is 1. The van der Waals surface area contributed by atoms with Gasteiger partial charge in [0, 0.05) is 23.8 Å². The molecule has 2 rings (SSSR count). The molecule has 0 aliphatic carbocycles. The molecule has 0 aromatic heterocycles. The van der Waals surface area contributed by atoms with Crippen LogP contribution in [0.2, 0.25) is 0 Å². The maximum Gasteiger partial charge on any atom is 0.339 e. The van der Waals surface area contributed by atoms with Gasteiger partial charge in [-0.15, -0.1) is 0 Å². The molecule has 0 saturated carbocycles. The summed E-state index contributed by atoms with van der Waals surface area (Å²) < 4.78 is 5.07. The standard InChI is InChI=1S/C15H13NO6/c1-9-13(6-12(17)7-14(9)18)15(19)22-8-10-2-4-11(5-3-10)16(20)21/h2-7,17-18H,8H2,1H3. The molecule has 22 heavy (non-hydrogen) atoms. The summed E-state index contributed by atoms with van der Waals surface area (Å²) in [4.78, 5) is 22.0. The number of nitrogens with zero attached hydrogens (tertiary/aromatic N) is 1. The van der Waals surface area contributed by atoms with E-state index in [1.807, 2.05) is 0 Å². The largest absolute Gasteiger partial charge is 0.508 e. The first-order chi connectivity index (χ1) is 10.4. The van der Waals surface area contributed by atoms with Crippen LogP contribution in [0.4, 0.5) is 5.69 Å². The summed E-state index contributed by atoms with van der Waals surface area (Å²) in [6.45, 7) is 1.45. The van der Waals surface area contributed by atoms with Gasteiger partial charge in [-0.25, -0.2) is 4.79 Å². The van der Waals surface area contributed by atoms with E-state index < -0.39 is 10.9 Å². The lowest BCUT2D eigenvalue weighted by Crippen LogP contribution is -2.07. The molecule has 0 saturated heterocycles. The Kier molecular flexibility index (Phi) is 4.26. The Morgan fingerprint density at radius 3 is 2.45 bits per heavy atom. The fourth-order valence-electron chi connectivity index (χ4n) is 1.84. The van der Waals surface area contributed by atoms with Crippen LogP contribution in [-0.2, 0) is 11.3 Å². The lowest BCUT2D eigenvalue weighted by atomic mass is 10.1. The van der Waals surface area contributed by atoms with Gasteiger partial charge >= 0.3 is 5.97 Å². The van der Waals surface area contributed by atoms with E-state index in [1.165, 1.54) is 37.3 Å². The van der Waals surface area contributed by atoms with E-state index in [0.29, 0.717) is 11.1 Å². The number of phenols is 2. The van der Waals surface area contributed by atoms with E-state index in [0.717, 1.165) is 6.07 Å². The fourth-order valence-corrected chi connectivity index (χ4v) is 1.84. The first kappa shape index (κ1) is 15.3. The second-order valence-corrected chi connectivity index (χ2v) is 4.64. The summed E-state index contributed by atoms with van der Waals surface area (Å²) in [5, 5.41) is 29.5. The zero-order chi connectivity index (χ0) is 16.3. The molecule has 0 unspecified atom stereocenters. The van der Waals surface area contributed by atoms with Crippen LogP contribution in [0, 0.1) is 17.0 Å². The van der Waals surface area contributed by atoms with E-state index >= 15 is 0 Å². The van der Waals surface area contributed by atoms with Gasteiger partial charge < -0.3 is 14.9 Å². The number of non-ortho nitro benzene ring substituents is 1. The van der Waals surface area contributed by atoms with Crippen molar-refractivity contribution >= 4 is 11.7 Å². The highest BCUT2D eigenvalue weighted by atomic mass is 16.6. The zero-order valence-corrected chi connectivity index (χ0v) is 11.6. The van der Waals surface area contributed by atoms with Gasteiger partial charge in [-0.05, 0) is 30.7 Å². The third-order valence-electron chi connectivity index (χ3n) is 3.10. The van der Waals surface area contributed by atoms with E-state index in [1.54, 1.807) is 0 Å². The van der Waals surface area contributed by atoms with Crippen molar-refractivity contribution in [1.82, 2.24) is 0 Å². The molecule has 7 nitrogen and oxygen atoms in total. The molecule has 2 N–H and O–H groups in total. The third-order valence-corrected chi connectivity index (χ3v) is 3.10. The van der Waals surface area contributed by atoms with Crippen molar-refractivity contribution < 1.29 is 24.7 Å². The van der Waals surface area contributed by atoms with Crippen molar-refractivity contribution in [3.8, 4) is 11.5 Å². The van der Waals surface area contributed by atoms with Crippen molar-refractivity contribution in [2.45, 2.75) is 13.5 Å². The smallest absolute Gasteiger partial charge is 0.339 e. The number of phenolic OH excluding ortho intramolecular Hbond substituents is 2. The average Bonchev–Trinajstić information content (AvgIpc) is 2.48. The minimum Gasteiger partial charge on any atom is -0.508 e.